The molecule has 0 spiro atoms. The number of urea groups is 1. The number of hydrogen-bond donors (Lipinski definition) is 3. The fraction of sp³-hybridized carbons (Fsp3) is 0.552. The number of nitrogens with zero attached hydrogens (tertiary/aromatic N) is 1. The molecule has 0 aromatic heterocycles. The van der Waals surface area contributed by atoms with Gasteiger partial charge in [-0.1, -0.05) is 24.3 Å². The van der Waals surface area contributed by atoms with E-state index in [2.05, 4.69) is 10.6 Å². The number of para-hydroxylation sites is 1. The Bertz CT molecular complexity index is 1020. The molecule has 2 amide bonds. The lowest BCUT2D eigenvalue weighted by atomic mass is 9.73. The SMILES string of the molecule is CNCC(C)(C)NC(=O)N1CCCC([C@@](O)(CCCCOC)c2ccccc2Oc2cccc(F)c2)C1. The van der Waals surface area contributed by atoms with Crippen molar-refractivity contribution in [1.29, 1.82) is 0 Å². The summed E-state index contributed by atoms with van der Waals surface area (Å²) in [5, 5.41) is 18.6. The largest absolute Gasteiger partial charge is 0.457 e. The zero-order chi connectivity index (χ0) is 26.9. The molecule has 0 bridgehead atoms. The van der Waals surface area contributed by atoms with Gasteiger partial charge in [-0.3, -0.25) is 0 Å². The highest BCUT2D eigenvalue weighted by molar-refractivity contribution is 5.75. The van der Waals surface area contributed by atoms with Gasteiger partial charge in [-0.25, -0.2) is 9.18 Å². The van der Waals surface area contributed by atoms with Crippen molar-refractivity contribution in [2.45, 2.75) is 57.1 Å². The van der Waals surface area contributed by atoms with Gasteiger partial charge in [0.2, 0.25) is 0 Å². The second kappa shape index (κ2) is 13.2. The van der Waals surface area contributed by atoms with Gasteiger partial charge in [0.05, 0.1) is 5.60 Å². The minimum Gasteiger partial charge on any atom is -0.457 e. The topological polar surface area (TPSA) is 83.1 Å². The third-order valence-electron chi connectivity index (χ3n) is 6.98. The van der Waals surface area contributed by atoms with Crippen molar-refractivity contribution in [1.82, 2.24) is 15.5 Å². The molecule has 204 valence electrons. The van der Waals surface area contributed by atoms with Gasteiger partial charge in [0.1, 0.15) is 17.3 Å². The van der Waals surface area contributed by atoms with Crippen LogP contribution >= 0.6 is 0 Å². The maximum atomic E-state index is 13.8. The molecule has 7 nitrogen and oxygen atoms in total. The predicted molar refractivity (Wildman–Crippen MR) is 143 cm³/mol. The summed E-state index contributed by atoms with van der Waals surface area (Å²) in [6.45, 7) is 6.28. The van der Waals surface area contributed by atoms with Gasteiger partial charge in [0.15, 0.2) is 0 Å². The number of unbranched alkanes of at least 4 members (excludes halogenated alkanes) is 1. The van der Waals surface area contributed by atoms with Crippen molar-refractivity contribution in [3.8, 4) is 11.5 Å². The van der Waals surface area contributed by atoms with E-state index in [1.807, 2.05) is 44.0 Å². The summed E-state index contributed by atoms with van der Waals surface area (Å²) in [5.74, 6) is 0.267. The number of carbonyl (C=O) groups excluding carboxylic acids is 1. The van der Waals surface area contributed by atoms with Crippen molar-refractivity contribution >= 4 is 6.03 Å². The first-order chi connectivity index (χ1) is 17.7. The first-order valence-corrected chi connectivity index (χ1v) is 13.1. The highest BCUT2D eigenvalue weighted by Crippen LogP contribution is 2.44. The summed E-state index contributed by atoms with van der Waals surface area (Å²) in [6, 6.07) is 13.2. The Hall–Kier alpha value is -2.68. The molecule has 1 aliphatic rings. The fourth-order valence-corrected chi connectivity index (χ4v) is 5.18. The van der Waals surface area contributed by atoms with Crippen LogP contribution in [0.25, 0.3) is 0 Å². The van der Waals surface area contributed by atoms with E-state index in [1.165, 1.54) is 12.1 Å². The molecule has 8 heteroatoms. The van der Waals surface area contributed by atoms with E-state index >= 15 is 0 Å². The van der Waals surface area contributed by atoms with E-state index in [4.69, 9.17) is 9.47 Å². The van der Waals surface area contributed by atoms with Gasteiger partial charge in [0, 0.05) is 56.4 Å². The number of ether oxygens (including phenoxy) is 2. The highest BCUT2D eigenvalue weighted by Gasteiger charge is 2.43. The molecular formula is C29H42FN3O4. The van der Waals surface area contributed by atoms with Crippen LogP contribution in [-0.2, 0) is 10.3 Å². The zero-order valence-corrected chi connectivity index (χ0v) is 22.6. The van der Waals surface area contributed by atoms with E-state index in [0.29, 0.717) is 49.7 Å². The number of nitrogens with one attached hydrogen (secondary N) is 2. The summed E-state index contributed by atoms with van der Waals surface area (Å²) < 4.78 is 25.2. The van der Waals surface area contributed by atoms with Gasteiger partial charge >= 0.3 is 6.03 Å². The minimum absolute atomic E-state index is 0.129. The molecule has 2 aromatic rings. The summed E-state index contributed by atoms with van der Waals surface area (Å²) in [5.41, 5.74) is -0.989. The number of methoxy groups -OCH3 is 1. The van der Waals surface area contributed by atoms with Crippen LogP contribution in [0.5, 0.6) is 11.5 Å². The van der Waals surface area contributed by atoms with Crippen LogP contribution in [0.1, 0.15) is 51.5 Å². The number of piperidine rings is 1. The summed E-state index contributed by atoms with van der Waals surface area (Å²) in [6.07, 6.45) is 3.61. The van der Waals surface area contributed by atoms with Gasteiger partial charge in [-0.05, 0) is 71.2 Å². The second-order valence-corrected chi connectivity index (χ2v) is 10.6. The number of halogens is 1. The third-order valence-corrected chi connectivity index (χ3v) is 6.98. The van der Waals surface area contributed by atoms with Crippen molar-refractivity contribution in [3.63, 3.8) is 0 Å². The zero-order valence-electron chi connectivity index (χ0n) is 22.6. The Morgan fingerprint density at radius 3 is 2.70 bits per heavy atom. The molecular weight excluding hydrogens is 473 g/mol. The van der Waals surface area contributed by atoms with Crippen molar-refractivity contribution in [2.24, 2.45) is 5.92 Å². The quantitative estimate of drug-likeness (QED) is 0.345. The molecule has 1 aliphatic heterocycles. The number of likely N-dealkylation sites (tertiary alicyclic amines) is 1. The van der Waals surface area contributed by atoms with Crippen LogP contribution in [0.3, 0.4) is 0 Å². The van der Waals surface area contributed by atoms with Crippen LogP contribution in [0.2, 0.25) is 0 Å². The van der Waals surface area contributed by atoms with Crippen LogP contribution in [-0.4, -0.2) is 62.0 Å². The fourth-order valence-electron chi connectivity index (χ4n) is 5.18. The Labute approximate surface area is 220 Å². The van der Waals surface area contributed by atoms with Crippen LogP contribution in [0, 0.1) is 11.7 Å². The lowest BCUT2D eigenvalue weighted by Crippen LogP contribution is -2.57. The molecule has 3 N–H and O–H groups in total. The lowest BCUT2D eigenvalue weighted by Gasteiger charge is -2.44. The van der Waals surface area contributed by atoms with E-state index in [9.17, 15) is 14.3 Å². The standard InChI is InChI=1S/C29H42FN3O4/c1-28(2,21-31-3)32-27(34)33-17-10-11-22(20-33)29(35,16-7-8-18-36-4)25-14-5-6-15-26(25)37-24-13-9-12-23(30)19-24/h5-6,9,12-15,19,22,31,35H,7-8,10-11,16-18,20-21H2,1-4H3,(H,32,34)/t22?,29-/m0/s1. The summed E-state index contributed by atoms with van der Waals surface area (Å²) in [4.78, 5) is 15.0. The van der Waals surface area contributed by atoms with Crippen LogP contribution in [0.4, 0.5) is 9.18 Å². The van der Waals surface area contributed by atoms with Gasteiger partial charge < -0.3 is 30.1 Å². The Kier molecular flexibility index (Phi) is 10.3. The smallest absolute Gasteiger partial charge is 0.317 e. The average Bonchev–Trinajstić information content (AvgIpc) is 2.86. The van der Waals surface area contributed by atoms with Crippen molar-refractivity contribution in [3.05, 3.63) is 59.9 Å². The maximum absolute atomic E-state index is 13.8. The number of rotatable bonds is 12. The Balaban J connectivity index is 1.89. The number of aliphatic hydroxyl groups is 1. The molecule has 1 unspecified atom stereocenters. The van der Waals surface area contributed by atoms with E-state index in [1.54, 1.807) is 25.3 Å². The summed E-state index contributed by atoms with van der Waals surface area (Å²) in [7, 11) is 3.53. The number of benzene rings is 2. The molecule has 0 aliphatic carbocycles. The molecule has 37 heavy (non-hydrogen) atoms. The first kappa shape index (κ1) is 28.9. The van der Waals surface area contributed by atoms with Gasteiger partial charge in [-0.2, -0.15) is 0 Å². The Morgan fingerprint density at radius 1 is 1.19 bits per heavy atom. The van der Waals surface area contributed by atoms with Gasteiger partial charge in [0.25, 0.3) is 0 Å². The molecule has 1 heterocycles. The minimum atomic E-state index is -1.24. The molecule has 1 saturated heterocycles. The normalized spacial score (nSPS) is 17.8. The maximum Gasteiger partial charge on any atom is 0.317 e. The monoisotopic (exact) mass is 515 g/mol. The molecule has 0 radical (unpaired) electrons. The third kappa shape index (κ3) is 7.90. The average molecular weight is 516 g/mol. The predicted octanol–water partition coefficient (Wildman–Crippen LogP) is 5.04. The number of hydrogen-bond acceptors (Lipinski definition) is 5. The highest BCUT2D eigenvalue weighted by atomic mass is 19.1. The van der Waals surface area contributed by atoms with Gasteiger partial charge in [-0.15, -0.1) is 0 Å². The molecule has 1 fully saturated rings. The first-order valence-electron chi connectivity index (χ1n) is 13.1. The molecule has 2 aromatic carbocycles. The van der Waals surface area contributed by atoms with Crippen LogP contribution in [0.15, 0.2) is 48.5 Å². The van der Waals surface area contributed by atoms with E-state index in [-0.39, 0.29) is 17.8 Å². The lowest BCUT2D eigenvalue weighted by molar-refractivity contribution is -0.0576. The van der Waals surface area contributed by atoms with E-state index in [0.717, 1.165) is 25.7 Å². The summed E-state index contributed by atoms with van der Waals surface area (Å²) >= 11 is 0. The second-order valence-electron chi connectivity index (χ2n) is 10.6. The number of amides is 2. The van der Waals surface area contributed by atoms with Crippen LogP contribution < -0.4 is 15.4 Å². The number of carbonyl (C=O) groups is 1. The van der Waals surface area contributed by atoms with Crippen molar-refractivity contribution < 1.29 is 23.8 Å². The molecule has 3 rings (SSSR count). The molecule has 0 saturated carbocycles. The van der Waals surface area contributed by atoms with E-state index < -0.39 is 11.1 Å². The number of likely N-dealkylation sites (N-methyl/N-ethyl adjacent to an activating group) is 1. The van der Waals surface area contributed by atoms with Crippen molar-refractivity contribution in [2.75, 3.05) is 40.4 Å². The Morgan fingerprint density at radius 2 is 1.97 bits per heavy atom. The molecule has 2 atom stereocenters.